The number of hydrogen-bond donors (Lipinski definition) is 1. The normalized spacial score (nSPS) is 10.5. The standard InChI is InChI=1S/C26H20FNOS/c1-2-3-4-5-23-24(18-8-12-22(29)13-9-18)25(19-14-16-28-17-15-19)26(30-23)20-6-10-21(27)11-7-20/h6-17,29H,2-3H2,1H3. The smallest absolute Gasteiger partial charge is 0.123 e. The number of phenolic OH excluding ortho intramolecular Hbond substituents is 1. The van der Waals surface area contributed by atoms with Gasteiger partial charge in [-0.15, -0.1) is 11.3 Å². The first-order valence-electron chi connectivity index (χ1n) is 9.78. The number of hydrogen-bond acceptors (Lipinski definition) is 3. The van der Waals surface area contributed by atoms with Crippen molar-refractivity contribution >= 4 is 11.3 Å². The Labute approximate surface area is 179 Å². The van der Waals surface area contributed by atoms with E-state index in [1.807, 2.05) is 24.3 Å². The minimum atomic E-state index is -0.262. The maximum atomic E-state index is 13.6. The van der Waals surface area contributed by atoms with Crippen LogP contribution < -0.4 is 0 Å². The van der Waals surface area contributed by atoms with Gasteiger partial charge in [-0.25, -0.2) is 4.39 Å². The summed E-state index contributed by atoms with van der Waals surface area (Å²) in [6, 6.07) is 17.7. The number of thiophene rings is 1. The topological polar surface area (TPSA) is 33.1 Å². The summed E-state index contributed by atoms with van der Waals surface area (Å²) < 4.78 is 13.6. The average Bonchev–Trinajstić information content (AvgIpc) is 3.15. The monoisotopic (exact) mass is 413 g/mol. The quantitative estimate of drug-likeness (QED) is 0.361. The van der Waals surface area contributed by atoms with E-state index in [0.29, 0.717) is 0 Å². The highest BCUT2D eigenvalue weighted by Crippen LogP contribution is 2.47. The van der Waals surface area contributed by atoms with E-state index in [1.54, 1.807) is 48.0 Å². The van der Waals surface area contributed by atoms with Crippen molar-refractivity contribution < 1.29 is 9.50 Å². The summed E-state index contributed by atoms with van der Waals surface area (Å²) in [4.78, 5) is 6.15. The van der Waals surface area contributed by atoms with Crippen molar-refractivity contribution in [1.82, 2.24) is 4.98 Å². The number of phenols is 1. The summed E-state index contributed by atoms with van der Waals surface area (Å²) in [5.74, 6) is 6.58. The second-order valence-corrected chi connectivity index (χ2v) is 7.87. The van der Waals surface area contributed by atoms with Gasteiger partial charge >= 0.3 is 0 Å². The number of halogens is 1. The van der Waals surface area contributed by atoms with Crippen LogP contribution in [0, 0.1) is 17.7 Å². The fourth-order valence-electron chi connectivity index (χ4n) is 3.29. The predicted octanol–water partition coefficient (Wildman–Crippen LogP) is 7.14. The van der Waals surface area contributed by atoms with Crippen molar-refractivity contribution in [2.45, 2.75) is 19.8 Å². The lowest BCUT2D eigenvalue weighted by atomic mass is 9.93. The minimum Gasteiger partial charge on any atom is -0.508 e. The molecule has 1 N–H and O–H groups in total. The van der Waals surface area contributed by atoms with Crippen LogP contribution in [0.1, 0.15) is 24.6 Å². The van der Waals surface area contributed by atoms with Gasteiger partial charge < -0.3 is 5.11 Å². The Morgan fingerprint density at radius 2 is 1.50 bits per heavy atom. The molecular formula is C26H20FNOS. The maximum Gasteiger partial charge on any atom is 0.123 e. The lowest BCUT2D eigenvalue weighted by molar-refractivity contribution is 0.475. The summed E-state index contributed by atoms with van der Waals surface area (Å²) >= 11 is 1.61. The van der Waals surface area contributed by atoms with E-state index in [1.165, 1.54) is 12.1 Å². The molecule has 2 aromatic carbocycles. The fraction of sp³-hybridized carbons (Fsp3) is 0.115. The van der Waals surface area contributed by atoms with Crippen molar-refractivity contribution in [3.8, 4) is 50.3 Å². The molecule has 0 aliphatic heterocycles. The Hall–Kier alpha value is -3.42. The van der Waals surface area contributed by atoms with Crippen LogP contribution in [0.5, 0.6) is 5.75 Å². The number of nitrogens with zero attached hydrogens (tertiary/aromatic N) is 1. The first kappa shape index (κ1) is 19.9. The summed E-state index contributed by atoms with van der Waals surface area (Å²) in [6.07, 6.45) is 5.35. The molecule has 0 aliphatic carbocycles. The largest absolute Gasteiger partial charge is 0.508 e. The summed E-state index contributed by atoms with van der Waals surface area (Å²) in [7, 11) is 0. The highest BCUT2D eigenvalue weighted by Gasteiger charge is 2.21. The van der Waals surface area contributed by atoms with Gasteiger partial charge in [0.25, 0.3) is 0 Å². The van der Waals surface area contributed by atoms with Gasteiger partial charge in [0.05, 0.1) is 4.88 Å². The molecule has 0 unspecified atom stereocenters. The number of rotatable bonds is 4. The Morgan fingerprint density at radius 3 is 2.17 bits per heavy atom. The molecule has 0 aliphatic rings. The zero-order valence-corrected chi connectivity index (χ0v) is 17.3. The summed E-state index contributed by atoms with van der Waals surface area (Å²) in [6.45, 7) is 2.11. The van der Waals surface area contributed by atoms with Crippen LogP contribution in [0.25, 0.3) is 32.7 Å². The fourth-order valence-corrected chi connectivity index (χ4v) is 4.51. The van der Waals surface area contributed by atoms with Crippen molar-refractivity contribution in [1.29, 1.82) is 0 Å². The number of unbranched alkanes of at least 4 members (excludes halogenated alkanes) is 1. The highest BCUT2D eigenvalue weighted by molar-refractivity contribution is 7.17. The number of pyridine rings is 1. The third kappa shape index (κ3) is 4.12. The van der Waals surface area contributed by atoms with E-state index in [0.717, 1.165) is 50.4 Å². The number of aromatic nitrogens is 1. The van der Waals surface area contributed by atoms with Crippen molar-refractivity contribution in [3.63, 3.8) is 0 Å². The molecule has 0 fully saturated rings. The summed E-state index contributed by atoms with van der Waals surface area (Å²) in [5.41, 5.74) is 5.00. The van der Waals surface area contributed by atoms with E-state index < -0.39 is 0 Å². The van der Waals surface area contributed by atoms with Gasteiger partial charge in [0.2, 0.25) is 0 Å². The maximum absolute atomic E-state index is 13.6. The van der Waals surface area contributed by atoms with Gasteiger partial charge in [-0.05, 0) is 59.5 Å². The van der Waals surface area contributed by atoms with Crippen LogP contribution in [-0.2, 0) is 0 Å². The SMILES string of the molecule is CCCC#Cc1sc(-c2ccc(F)cc2)c(-c2ccncc2)c1-c1ccc(O)cc1. The summed E-state index contributed by atoms with van der Waals surface area (Å²) in [5, 5.41) is 9.77. The molecule has 0 saturated heterocycles. The van der Waals surface area contributed by atoms with Crippen molar-refractivity contribution in [2.24, 2.45) is 0 Å². The van der Waals surface area contributed by atoms with E-state index in [-0.39, 0.29) is 11.6 Å². The molecule has 4 aromatic rings. The Balaban J connectivity index is 2.03. The van der Waals surface area contributed by atoms with Gasteiger partial charge in [0.1, 0.15) is 11.6 Å². The Bertz CT molecular complexity index is 1200. The first-order chi connectivity index (χ1) is 14.7. The zero-order valence-electron chi connectivity index (χ0n) is 16.5. The van der Waals surface area contributed by atoms with Gasteiger partial charge in [-0.3, -0.25) is 4.98 Å². The average molecular weight is 414 g/mol. The van der Waals surface area contributed by atoms with Crippen LogP contribution in [0.3, 0.4) is 0 Å². The molecule has 0 spiro atoms. The first-order valence-corrected chi connectivity index (χ1v) is 10.6. The lowest BCUT2D eigenvalue weighted by Crippen LogP contribution is -1.86. The molecule has 0 atom stereocenters. The second-order valence-electron chi connectivity index (χ2n) is 6.85. The number of benzene rings is 2. The van der Waals surface area contributed by atoms with Gasteiger partial charge in [0.15, 0.2) is 0 Å². The van der Waals surface area contributed by atoms with Crippen LogP contribution in [0.4, 0.5) is 4.39 Å². The van der Waals surface area contributed by atoms with Gasteiger partial charge in [0, 0.05) is 34.8 Å². The van der Waals surface area contributed by atoms with Crippen LogP contribution in [-0.4, -0.2) is 10.1 Å². The molecule has 0 amide bonds. The van der Waals surface area contributed by atoms with E-state index in [4.69, 9.17) is 0 Å². The predicted molar refractivity (Wildman–Crippen MR) is 122 cm³/mol. The van der Waals surface area contributed by atoms with E-state index in [9.17, 15) is 9.50 Å². The molecule has 2 heterocycles. The van der Waals surface area contributed by atoms with Crippen LogP contribution in [0.15, 0.2) is 73.1 Å². The lowest BCUT2D eigenvalue weighted by Gasteiger charge is -2.09. The van der Waals surface area contributed by atoms with Crippen molar-refractivity contribution in [2.75, 3.05) is 0 Å². The third-order valence-corrected chi connectivity index (χ3v) is 5.87. The highest BCUT2D eigenvalue weighted by atomic mass is 32.1. The van der Waals surface area contributed by atoms with Crippen molar-refractivity contribution in [3.05, 3.63) is 83.8 Å². The molecule has 148 valence electrons. The molecule has 4 rings (SSSR count). The minimum absolute atomic E-state index is 0.219. The van der Waals surface area contributed by atoms with Gasteiger partial charge in [-0.2, -0.15) is 0 Å². The molecule has 0 radical (unpaired) electrons. The second kappa shape index (κ2) is 8.94. The molecule has 0 saturated carbocycles. The molecule has 4 heteroatoms. The third-order valence-electron chi connectivity index (χ3n) is 4.72. The van der Waals surface area contributed by atoms with Crippen LogP contribution >= 0.6 is 11.3 Å². The van der Waals surface area contributed by atoms with E-state index >= 15 is 0 Å². The Morgan fingerprint density at radius 1 is 0.867 bits per heavy atom. The molecule has 2 aromatic heterocycles. The molecule has 2 nitrogen and oxygen atoms in total. The molecule has 30 heavy (non-hydrogen) atoms. The Kier molecular flexibility index (Phi) is 5.92. The molecular weight excluding hydrogens is 393 g/mol. The van der Waals surface area contributed by atoms with Crippen LogP contribution in [0.2, 0.25) is 0 Å². The van der Waals surface area contributed by atoms with Gasteiger partial charge in [-0.1, -0.05) is 43.0 Å². The number of aromatic hydroxyl groups is 1. The molecule has 0 bridgehead atoms. The van der Waals surface area contributed by atoms with E-state index in [2.05, 4.69) is 23.7 Å². The zero-order chi connectivity index (χ0) is 20.9.